The summed E-state index contributed by atoms with van der Waals surface area (Å²) in [5.41, 5.74) is 8.40. The van der Waals surface area contributed by atoms with Crippen LogP contribution in [0.2, 0.25) is 0 Å². The van der Waals surface area contributed by atoms with E-state index in [9.17, 15) is 13.2 Å². The third kappa shape index (κ3) is 4.24. The Hall–Kier alpha value is -2.86. The zero-order valence-corrected chi connectivity index (χ0v) is 20.3. The van der Waals surface area contributed by atoms with Crippen molar-refractivity contribution in [1.82, 2.24) is 9.55 Å². The van der Waals surface area contributed by atoms with E-state index in [-0.39, 0.29) is 21.6 Å². The quantitative estimate of drug-likeness (QED) is 0.285. The van der Waals surface area contributed by atoms with Crippen LogP contribution in [0.5, 0.6) is 0 Å². The lowest BCUT2D eigenvalue weighted by Crippen LogP contribution is -2.12. The first-order valence-electron chi connectivity index (χ1n) is 9.36. The van der Waals surface area contributed by atoms with E-state index in [1.807, 2.05) is 37.3 Å². The Balaban J connectivity index is 1.66. The molecule has 2 heterocycles. The summed E-state index contributed by atoms with van der Waals surface area (Å²) in [6, 6.07) is 15.8. The summed E-state index contributed by atoms with van der Waals surface area (Å²) in [6.07, 6.45) is 0. The third-order valence-corrected chi connectivity index (χ3v) is 8.57. The molecule has 0 saturated heterocycles. The first-order valence-corrected chi connectivity index (χ1v) is 12.9. The van der Waals surface area contributed by atoms with Gasteiger partial charge in [0.25, 0.3) is 10.0 Å². The van der Waals surface area contributed by atoms with Crippen LogP contribution in [0.15, 0.2) is 59.5 Å². The Labute approximate surface area is 198 Å². The number of carbonyl (C=O) groups is 1. The largest absolute Gasteiger partial charge is 0.383 e. The fourth-order valence-corrected chi connectivity index (χ4v) is 6.54. The molecule has 0 aliphatic heterocycles. The summed E-state index contributed by atoms with van der Waals surface area (Å²) in [5.74, 6) is -0.102. The second-order valence-electron chi connectivity index (χ2n) is 6.93. The number of rotatable bonds is 6. The normalized spacial score (nSPS) is 11.4. The van der Waals surface area contributed by atoms with Crippen LogP contribution in [0.4, 0.5) is 10.9 Å². The third-order valence-electron chi connectivity index (χ3n) is 4.62. The molecule has 4 rings (SSSR count). The van der Waals surface area contributed by atoms with Gasteiger partial charge in [0.2, 0.25) is 5.78 Å². The fourth-order valence-electron chi connectivity index (χ4n) is 3.01. The second kappa shape index (κ2) is 8.58. The highest BCUT2D eigenvalue weighted by atomic mass is 32.2. The maximum atomic E-state index is 13.2. The van der Waals surface area contributed by atoms with Crippen molar-refractivity contribution in [3.8, 4) is 5.69 Å². The minimum atomic E-state index is -3.83. The number of hydrogen-bond donors (Lipinski definition) is 2. The van der Waals surface area contributed by atoms with Crippen molar-refractivity contribution in [3.63, 3.8) is 0 Å². The van der Waals surface area contributed by atoms with Gasteiger partial charge in [0.1, 0.15) is 15.6 Å². The SMILES string of the molecule is Cc1ccc(S(=O)(=O)Nc2nc(C)c(C(=O)c3sc(=S)n(-c4ccccc4)c3N)s2)cc1. The van der Waals surface area contributed by atoms with Gasteiger partial charge in [0.05, 0.1) is 10.6 Å². The van der Waals surface area contributed by atoms with Crippen molar-refractivity contribution in [2.24, 2.45) is 0 Å². The van der Waals surface area contributed by atoms with Gasteiger partial charge in [-0.25, -0.2) is 13.4 Å². The van der Waals surface area contributed by atoms with Gasteiger partial charge in [-0.3, -0.25) is 14.1 Å². The van der Waals surface area contributed by atoms with E-state index in [1.165, 1.54) is 12.1 Å². The van der Waals surface area contributed by atoms with E-state index < -0.39 is 10.0 Å². The molecule has 0 amide bonds. The Morgan fingerprint density at radius 1 is 1.03 bits per heavy atom. The predicted octanol–water partition coefficient (Wildman–Crippen LogP) is 4.96. The van der Waals surface area contributed by atoms with Gasteiger partial charge in [0.15, 0.2) is 9.09 Å². The van der Waals surface area contributed by atoms with Gasteiger partial charge in [-0.15, -0.1) is 0 Å². The van der Waals surface area contributed by atoms with Crippen molar-refractivity contribution in [2.75, 3.05) is 10.5 Å². The van der Waals surface area contributed by atoms with Gasteiger partial charge >= 0.3 is 0 Å². The Kier molecular flexibility index (Phi) is 5.99. The molecule has 32 heavy (non-hydrogen) atoms. The van der Waals surface area contributed by atoms with E-state index in [1.54, 1.807) is 23.6 Å². The smallest absolute Gasteiger partial charge is 0.263 e. The number of para-hydroxylation sites is 1. The van der Waals surface area contributed by atoms with E-state index >= 15 is 0 Å². The molecule has 0 aliphatic carbocycles. The molecule has 2 aromatic heterocycles. The summed E-state index contributed by atoms with van der Waals surface area (Å²) in [6.45, 7) is 3.52. The lowest BCUT2D eigenvalue weighted by atomic mass is 10.2. The molecule has 0 bridgehead atoms. The molecule has 2 aromatic carbocycles. The van der Waals surface area contributed by atoms with Crippen molar-refractivity contribution >= 4 is 61.6 Å². The Morgan fingerprint density at radius 3 is 2.34 bits per heavy atom. The van der Waals surface area contributed by atoms with Gasteiger partial charge in [-0.05, 0) is 50.3 Å². The van der Waals surface area contributed by atoms with Crippen LogP contribution >= 0.6 is 34.9 Å². The number of hydrogen-bond acceptors (Lipinski definition) is 8. The molecule has 164 valence electrons. The Bertz CT molecular complexity index is 1470. The molecular weight excluding hydrogens is 485 g/mol. The van der Waals surface area contributed by atoms with Crippen molar-refractivity contribution < 1.29 is 13.2 Å². The molecule has 11 heteroatoms. The van der Waals surface area contributed by atoms with Crippen molar-refractivity contribution in [2.45, 2.75) is 18.7 Å². The molecular formula is C21H18N4O3S4. The zero-order valence-electron chi connectivity index (χ0n) is 17.0. The number of benzene rings is 2. The fraction of sp³-hybridized carbons (Fsp3) is 0.0952. The average molecular weight is 503 g/mol. The van der Waals surface area contributed by atoms with E-state index in [0.717, 1.165) is 33.9 Å². The lowest BCUT2D eigenvalue weighted by molar-refractivity contribution is 0.104. The van der Waals surface area contributed by atoms with Crippen LogP contribution in [0.3, 0.4) is 0 Å². The molecule has 4 aromatic rings. The average Bonchev–Trinajstić information content (AvgIpc) is 3.26. The molecule has 0 saturated carbocycles. The number of nitrogens with two attached hydrogens (primary N) is 1. The van der Waals surface area contributed by atoms with Crippen molar-refractivity contribution in [1.29, 1.82) is 0 Å². The molecule has 0 aliphatic rings. The summed E-state index contributed by atoms with van der Waals surface area (Å²) in [5, 5.41) is 0.107. The zero-order chi connectivity index (χ0) is 23.0. The van der Waals surface area contributed by atoms with Crippen molar-refractivity contribution in [3.05, 3.63) is 79.6 Å². The molecule has 0 radical (unpaired) electrons. The number of nitrogens with zero attached hydrogens (tertiary/aromatic N) is 2. The molecule has 0 spiro atoms. The van der Waals surface area contributed by atoms with Crippen LogP contribution < -0.4 is 10.5 Å². The maximum absolute atomic E-state index is 13.2. The molecule has 7 nitrogen and oxygen atoms in total. The van der Waals surface area contributed by atoms with Gasteiger partial charge in [-0.1, -0.05) is 58.6 Å². The van der Waals surface area contributed by atoms with Crippen LogP contribution in [0, 0.1) is 17.8 Å². The minimum absolute atomic E-state index is 0.107. The number of carbonyl (C=O) groups excluding carboxylic acids is 1. The number of anilines is 2. The summed E-state index contributed by atoms with van der Waals surface area (Å²) >= 11 is 7.51. The van der Waals surface area contributed by atoms with Gasteiger partial charge in [0, 0.05) is 5.69 Å². The van der Waals surface area contributed by atoms with Gasteiger partial charge < -0.3 is 5.73 Å². The maximum Gasteiger partial charge on any atom is 0.263 e. The minimum Gasteiger partial charge on any atom is -0.383 e. The second-order valence-corrected chi connectivity index (χ2v) is 11.3. The summed E-state index contributed by atoms with van der Waals surface area (Å²) < 4.78 is 29.9. The Morgan fingerprint density at radius 2 is 1.69 bits per heavy atom. The van der Waals surface area contributed by atoms with Gasteiger partial charge in [-0.2, -0.15) is 0 Å². The van der Waals surface area contributed by atoms with Crippen LogP contribution in [-0.4, -0.2) is 23.8 Å². The topological polar surface area (TPSA) is 107 Å². The molecule has 0 unspecified atom stereocenters. The lowest BCUT2D eigenvalue weighted by Gasteiger charge is -2.05. The number of sulfonamides is 1. The predicted molar refractivity (Wildman–Crippen MR) is 131 cm³/mol. The summed E-state index contributed by atoms with van der Waals surface area (Å²) in [7, 11) is -3.83. The number of aryl methyl sites for hydroxylation is 2. The first kappa shape index (κ1) is 22.3. The number of thiazole rings is 2. The molecule has 0 atom stereocenters. The highest BCUT2D eigenvalue weighted by molar-refractivity contribution is 7.93. The monoisotopic (exact) mass is 502 g/mol. The summed E-state index contributed by atoms with van der Waals surface area (Å²) in [4.78, 5) is 18.2. The highest BCUT2D eigenvalue weighted by Gasteiger charge is 2.25. The van der Waals surface area contributed by atoms with Crippen LogP contribution in [0.25, 0.3) is 5.69 Å². The van der Waals surface area contributed by atoms with E-state index in [0.29, 0.717) is 19.4 Å². The van der Waals surface area contributed by atoms with Crippen LogP contribution in [0.1, 0.15) is 25.8 Å². The van der Waals surface area contributed by atoms with Crippen LogP contribution in [-0.2, 0) is 10.0 Å². The number of nitrogen functional groups attached to an aromatic ring is 1. The first-order chi connectivity index (χ1) is 15.2. The molecule has 3 N–H and O–H groups in total. The molecule has 0 fully saturated rings. The standard InChI is InChI=1S/C21H18N4O3S4/c1-12-8-10-15(11-9-12)32(27,28)24-20-23-13(2)17(30-20)16(26)18-19(22)25(21(29)31-18)14-6-4-3-5-7-14/h3-11H,22H2,1-2H3,(H,23,24). The van der Waals surface area contributed by atoms with E-state index in [4.69, 9.17) is 18.0 Å². The number of aromatic nitrogens is 2. The highest BCUT2D eigenvalue weighted by Crippen LogP contribution is 2.33. The van der Waals surface area contributed by atoms with E-state index in [2.05, 4.69) is 9.71 Å². The number of ketones is 1. The number of nitrogens with one attached hydrogen (secondary N) is 1.